The van der Waals surface area contributed by atoms with Crippen molar-refractivity contribution in [2.75, 3.05) is 13.1 Å². The number of nitrogens with two attached hydrogens (primary N) is 1. The predicted molar refractivity (Wildman–Crippen MR) is 66.0 cm³/mol. The van der Waals surface area contributed by atoms with Crippen LogP contribution in [0.1, 0.15) is 24.8 Å². The molecule has 94 valence electrons. The average Bonchev–Trinajstić information content (AvgIpc) is 2.32. The fraction of sp³-hybridized carbons (Fsp3) is 0.462. The first-order valence-electron chi connectivity index (χ1n) is 5.93. The highest BCUT2D eigenvalue weighted by molar-refractivity contribution is 5.78. The standard InChI is InChI=1S/C13H19FN2O/c14-12-6-4-11(5-7-12)10-13(17)16-9-3-1-2-8-15/h4-7H,1-3,8-10,15H2,(H,16,17). The van der Waals surface area contributed by atoms with Gasteiger partial charge in [0.05, 0.1) is 6.42 Å². The van der Waals surface area contributed by atoms with E-state index in [1.807, 2.05) is 0 Å². The van der Waals surface area contributed by atoms with Gasteiger partial charge in [0.1, 0.15) is 5.82 Å². The number of unbranched alkanes of at least 4 members (excludes halogenated alkanes) is 2. The van der Waals surface area contributed by atoms with Crippen molar-refractivity contribution in [1.82, 2.24) is 5.32 Å². The Bertz CT molecular complexity index is 338. The van der Waals surface area contributed by atoms with Gasteiger partial charge in [0.15, 0.2) is 0 Å². The molecule has 1 aromatic carbocycles. The van der Waals surface area contributed by atoms with Crippen molar-refractivity contribution < 1.29 is 9.18 Å². The minimum Gasteiger partial charge on any atom is -0.356 e. The van der Waals surface area contributed by atoms with Gasteiger partial charge in [-0.2, -0.15) is 0 Å². The SMILES string of the molecule is NCCCCCNC(=O)Cc1ccc(F)cc1. The molecule has 0 aliphatic carbocycles. The number of carbonyl (C=O) groups excluding carboxylic acids is 1. The fourth-order valence-electron chi connectivity index (χ4n) is 1.52. The molecule has 0 aliphatic rings. The molecule has 0 unspecified atom stereocenters. The van der Waals surface area contributed by atoms with E-state index >= 15 is 0 Å². The number of halogens is 1. The van der Waals surface area contributed by atoms with Gasteiger partial charge in [0.2, 0.25) is 5.91 Å². The van der Waals surface area contributed by atoms with Crippen LogP contribution in [-0.4, -0.2) is 19.0 Å². The van der Waals surface area contributed by atoms with E-state index in [2.05, 4.69) is 5.32 Å². The Morgan fingerprint density at radius 1 is 1.18 bits per heavy atom. The molecule has 0 saturated heterocycles. The molecule has 0 aliphatic heterocycles. The van der Waals surface area contributed by atoms with Gasteiger partial charge in [0.25, 0.3) is 0 Å². The molecular weight excluding hydrogens is 219 g/mol. The number of hydrogen-bond donors (Lipinski definition) is 2. The maximum absolute atomic E-state index is 12.6. The summed E-state index contributed by atoms with van der Waals surface area (Å²) in [4.78, 5) is 11.5. The van der Waals surface area contributed by atoms with Crippen molar-refractivity contribution in [3.8, 4) is 0 Å². The van der Waals surface area contributed by atoms with Gasteiger partial charge >= 0.3 is 0 Å². The van der Waals surface area contributed by atoms with Gasteiger partial charge in [-0.3, -0.25) is 4.79 Å². The van der Waals surface area contributed by atoms with Crippen LogP contribution in [0, 0.1) is 5.82 Å². The molecule has 0 fully saturated rings. The highest BCUT2D eigenvalue weighted by Gasteiger charge is 2.02. The zero-order chi connectivity index (χ0) is 12.5. The van der Waals surface area contributed by atoms with Gasteiger partial charge in [-0.25, -0.2) is 4.39 Å². The fourth-order valence-corrected chi connectivity index (χ4v) is 1.52. The zero-order valence-electron chi connectivity index (χ0n) is 9.92. The molecule has 0 spiro atoms. The van der Waals surface area contributed by atoms with Crippen LogP contribution in [0.15, 0.2) is 24.3 Å². The van der Waals surface area contributed by atoms with Crippen LogP contribution < -0.4 is 11.1 Å². The van der Waals surface area contributed by atoms with Crippen LogP contribution in [0.2, 0.25) is 0 Å². The van der Waals surface area contributed by atoms with Crippen LogP contribution in [0.4, 0.5) is 4.39 Å². The lowest BCUT2D eigenvalue weighted by atomic mass is 10.1. The van der Waals surface area contributed by atoms with E-state index in [1.165, 1.54) is 12.1 Å². The van der Waals surface area contributed by atoms with Crippen LogP contribution in [0.3, 0.4) is 0 Å². The summed E-state index contributed by atoms with van der Waals surface area (Å²) in [6.45, 7) is 1.38. The van der Waals surface area contributed by atoms with Gasteiger partial charge in [0, 0.05) is 6.54 Å². The number of carbonyl (C=O) groups is 1. The third-order valence-corrected chi connectivity index (χ3v) is 2.48. The van der Waals surface area contributed by atoms with Gasteiger partial charge < -0.3 is 11.1 Å². The Morgan fingerprint density at radius 2 is 1.88 bits per heavy atom. The van der Waals surface area contributed by atoms with Crippen molar-refractivity contribution in [3.05, 3.63) is 35.6 Å². The first kappa shape index (κ1) is 13.6. The Balaban J connectivity index is 2.18. The highest BCUT2D eigenvalue weighted by atomic mass is 19.1. The van der Waals surface area contributed by atoms with Crippen LogP contribution in [0.5, 0.6) is 0 Å². The highest BCUT2D eigenvalue weighted by Crippen LogP contribution is 2.03. The molecule has 4 heteroatoms. The van der Waals surface area contributed by atoms with Gasteiger partial charge in [-0.1, -0.05) is 18.6 Å². The van der Waals surface area contributed by atoms with Crippen molar-refractivity contribution in [3.63, 3.8) is 0 Å². The lowest BCUT2D eigenvalue weighted by molar-refractivity contribution is -0.120. The van der Waals surface area contributed by atoms with Crippen molar-refractivity contribution in [2.45, 2.75) is 25.7 Å². The van der Waals surface area contributed by atoms with E-state index in [1.54, 1.807) is 12.1 Å². The third kappa shape index (κ3) is 6.02. The van der Waals surface area contributed by atoms with Crippen LogP contribution in [-0.2, 0) is 11.2 Å². The monoisotopic (exact) mass is 238 g/mol. The molecular formula is C13H19FN2O. The maximum Gasteiger partial charge on any atom is 0.224 e. The van der Waals surface area contributed by atoms with E-state index < -0.39 is 0 Å². The molecule has 1 rings (SSSR count). The molecule has 1 amide bonds. The van der Waals surface area contributed by atoms with Gasteiger partial charge in [-0.05, 0) is 37.1 Å². The molecule has 0 bridgehead atoms. The largest absolute Gasteiger partial charge is 0.356 e. The van der Waals surface area contributed by atoms with Crippen molar-refractivity contribution in [2.24, 2.45) is 5.73 Å². The molecule has 0 aromatic heterocycles. The third-order valence-electron chi connectivity index (χ3n) is 2.48. The smallest absolute Gasteiger partial charge is 0.224 e. The second kappa shape index (κ2) is 7.79. The summed E-state index contributed by atoms with van der Waals surface area (Å²) in [5.41, 5.74) is 6.19. The average molecular weight is 238 g/mol. The van der Waals surface area contributed by atoms with E-state index in [4.69, 9.17) is 5.73 Å². The molecule has 17 heavy (non-hydrogen) atoms. The topological polar surface area (TPSA) is 55.1 Å². The van der Waals surface area contributed by atoms with E-state index in [9.17, 15) is 9.18 Å². The Morgan fingerprint density at radius 3 is 2.53 bits per heavy atom. The summed E-state index contributed by atoms with van der Waals surface area (Å²) < 4.78 is 12.6. The van der Waals surface area contributed by atoms with Crippen LogP contribution >= 0.6 is 0 Å². The number of amides is 1. The van der Waals surface area contributed by atoms with E-state index in [-0.39, 0.29) is 11.7 Å². The molecule has 0 saturated carbocycles. The maximum atomic E-state index is 12.6. The van der Waals surface area contributed by atoms with Gasteiger partial charge in [-0.15, -0.1) is 0 Å². The molecule has 3 nitrogen and oxygen atoms in total. The lowest BCUT2D eigenvalue weighted by Crippen LogP contribution is -2.26. The quantitative estimate of drug-likeness (QED) is 0.709. The minimum absolute atomic E-state index is 0.0237. The summed E-state index contributed by atoms with van der Waals surface area (Å²) in [6, 6.07) is 5.99. The second-order valence-electron chi connectivity index (χ2n) is 4.00. The number of benzene rings is 1. The predicted octanol–water partition coefficient (Wildman–Crippen LogP) is 1.61. The van der Waals surface area contributed by atoms with E-state index in [0.717, 1.165) is 24.8 Å². The minimum atomic E-state index is -0.282. The first-order valence-corrected chi connectivity index (χ1v) is 5.93. The summed E-state index contributed by atoms with van der Waals surface area (Å²) in [5.74, 6) is -0.305. The van der Waals surface area contributed by atoms with Crippen molar-refractivity contribution >= 4 is 5.91 Å². The van der Waals surface area contributed by atoms with E-state index in [0.29, 0.717) is 19.5 Å². The zero-order valence-corrected chi connectivity index (χ0v) is 9.92. The Labute approximate surface area is 101 Å². The summed E-state index contributed by atoms with van der Waals surface area (Å²) in [6.07, 6.45) is 3.28. The molecule has 0 heterocycles. The van der Waals surface area contributed by atoms with Crippen LogP contribution in [0.25, 0.3) is 0 Å². The summed E-state index contributed by atoms with van der Waals surface area (Å²) in [5, 5.41) is 2.83. The van der Waals surface area contributed by atoms with Crippen molar-refractivity contribution in [1.29, 1.82) is 0 Å². The number of rotatable bonds is 7. The lowest BCUT2D eigenvalue weighted by Gasteiger charge is -2.05. The second-order valence-corrected chi connectivity index (χ2v) is 4.00. The number of hydrogen-bond acceptors (Lipinski definition) is 2. The molecule has 0 radical (unpaired) electrons. The summed E-state index contributed by atoms with van der Waals surface area (Å²) >= 11 is 0. The normalized spacial score (nSPS) is 10.2. The Hall–Kier alpha value is -1.42. The molecule has 1 aromatic rings. The molecule has 3 N–H and O–H groups in total. The summed E-state index contributed by atoms with van der Waals surface area (Å²) in [7, 11) is 0. The first-order chi connectivity index (χ1) is 8.22. The Kier molecular flexibility index (Phi) is 6.25. The molecule has 0 atom stereocenters. The number of nitrogens with one attached hydrogen (secondary N) is 1.